The van der Waals surface area contributed by atoms with Crippen LogP contribution in [0.2, 0.25) is 0 Å². The number of ether oxygens (including phenoxy) is 1. The van der Waals surface area contributed by atoms with Crippen LogP contribution in [0.4, 0.5) is 0 Å². The Hall–Kier alpha value is -1.88. The Balaban J connectivity index is 1.73. The molecule has 0 spiro atoms. The Morgan fingerprint density at radius 1 is 1.15 bits per heavy atom. The molecule has 5 heteroatoms. The molecule has 0 aromatic rings. The van der Waals surface area contributed by atoms with Gasteiger partial charge in [-0.05, 0) is 35.8 Å². The fraction of sp³-hybridized carbons (Fsp3) is 0.636. The number of cyclic esters (lactones) is 1. The summed E-state index contributed by atoms with van der Waals surface area (Å²) in [5.74, 6) is 1.11. The highest BCUT2D eigenvalue weighted by atomic mass is 16.5. The van der Waals surface area contributed by atoms with E-state index in [4.69, 9.17) is 10.5 Å². The van der Waals surface area contributed by atoms with Gasteiger partial charge in [0.2, 0.25) is 0 Å². The zero-order valence-electron chi connectivity index (χ0n) is 16.0. The Labute approximate surface area is 159 Å². The number of Topliss-reactive ketones (excluding diaryl/α,β-unsaturated/α-hetero) is 1. The lowest BCUT2D eigenvalue weighted by Crippen LogP contribution is -2.48. The number of nitrogens with two attached hydrogens (primary N) is 1. The van der Waals surface area contributed by atoms with Crippen molar-refractivity contribution in [2.24, 2.45) is 28.9 Å². The second kappa shape index (κ2) is 4.93. The highest BCUT2D eigenvalue weighted by Gasteiger charge is 2.62. The van der Waals surface area contributed by atoms with Gasteiger partial charge in [-0.25, -0.2) is 4.79 Å². The van der Waals surface area contributed by atoms with Crippen LogP contribution in [-0.4, -0.2) is 42.4 Å². The van der Waals surface area contributed by atoms with Crippen LogP contribution in [0.3, 0.4) is 0 Å². The van der Waals surface area contributed by atoms with Crippen LogP contribution in [0, 0.1) is 23.2 Å². The molecule has 0 amide bonds. The highest BCUT2D eigenvalue weighted by Crippen LogP contribution is 2.64. The van der Waals surface area contributed by atoms with E-state index in [-0.39, 0.29) is 23.1 Å². The number of hydrogen-bond acceptors (Lipinski definition) is 5. The summed E-state index contributed by atoms with van der Waals surface area (Å²) in [4.78, 5) is 28.7. The maximum Gasteiger partial charge on any atom is 0.339 e. The van der Waals surface area contributed by atoms with Gasteiger partial charge >= 0.3 is 5.97 Å². The van der Waals surface area contributed by atoms with Crippen LogP contribution < -0.4 is 5.73 Å². The third-order valence-electron chi connectivity index (χ3n) is 8.49. The first kappa shape index (κ1) is 16.1. The van der Waals surface area contributed by atoms with Crippen molar-refractivity contribution < 1.29 is 14.3 Å². The maximum atomic E-state index is 13.2. The number of esters is 1. The molecule has 2 bridgehead atoms. The standard InChI is InChI=1S/C22H26N2O3/c1-10-8-24-9-11-3-4-14(25)16-12-5-6-27-21(26)17(12)18-19(16)22(11,2)15(24)7-13(10)20(18)23/h10-11,13,15H,3-9,23H2,1-2H3/t10?,11-,13-,15-,22-/m1/s1. The molecule has 6 rings (SSSR count). The number of piperidine rings is 1. The number of nitrogens with zero attached hydrogens (tertiary/aromatic N) is 1. The molecule has 3 aliphatic carbocycles. The molecular formula is C22H26N2O3. The van der Waals surface area contributed by atoms with Crippen LogP contribution in [0.1, 0.15) is 39.5 Å². The van der Waals surface area contributed by atoms with Gasteiger partial charge in [0.05, 0.1) is 12.2 Å². The zero-order chi connectivity index (χ0) is 18.7. The minimum Gasteiger partial charge on any atom is -0.462 e. The molecule has 0 radical (unpaired) electrons. The van der Waals surface area contributed by atoms with Crippen LogP contribution in [-0.2, 0) is 14.3 Å². The van der Waals surface area contributed by atoms with E-state index >= 15 is 0 Å². The number of allylic oxidation sites excluding steroid dienone is 2. The van der Waals surface area contributed by atoms with E-state index in [1.165, 1.54) is 0 Å². The van der Waals surface area contributed by atoms with Crippen LogP contribution in [0.15, 0.2) is 33.6 Å². The summed E-state index contributed by atoms with van der Waals surface area (Å²) in [7, 11) is 0. The molecule has 27 heavy (non-hydrogen) atoms. The number of hydrogen-bond donors (Lipinski definition) is 1. The summed E-state index contributed by atoms with van der Waals surface area (Å²) in [5, 5.41) is 0. The Bertz CT molecular complexity index is 911. The number of ketones is 1. The van der Waals surface area contributed by atoms with Crippen LogP contribution in [0.25, 0.3) is 0 Å². The first-order valence-corrected chi connectivity index (χ1v) is 10.4. The number of carbonyl (C=O) groups excluding carboxylic acids is 2. The minimum atomic E-state index is -0.283. The number of fused-ring (bicyclic) bond motifs is 3. The van der Waals surface area contributed by atoms with Crippen LogP contribution >= 0.6 is 0 Å². The summed E-state index contributed by atoms with van der Waals surface area (Å²) in [5.41, 5.74) is 12.0. The molecular weight excluding hydrogens is 340 g/mol. The van der Waals surface area contributed by atoms with Crippen molar-refractivity contribution in [2.45, 2.75) is 45.6 Å². The fourth-order valence-corrected chi connectivity index (χ4v) is 7.23. The van der Waals surface area contributed by atoms with Gasteiger partial charge in [-0.2, -0.15) is 0 Å². The monoisotopic (exact) mass is 366 g/mol. The van der Waals surface area contributed by atoms with Crippen molar-refractivity contribution in [1.82, 2.24) is 4.90 Å². The molecule has 3 aliphatic heterocycles. The lowest BCUT2D eigenvalue weighted by atomic mass is 9.65. The van der Waals surface area contributed by atoms with Crippen molar-refractivity contribution in [1.29, 1.82) is 0 Å². The summed E-state index contributed by atoms with van der Waals surface area (Å²) < 4.78 is 5.42. The SMILES string of the molecule is CC1CN2C[C@H]3CCC(=O)C4=C5C(=C(N)[C@@H]1C[C@@H]2[C@]53C)C1=C4CCOC1=O. The van der Waals surface area contributed by atoms with E-state index < -0.39 is 0 Å². The molecule has 2 N–H and O–H groups in total. The smallest absolute Gasteiger partial charge is 0.339 e. The second-order valence-corrected chi connectivity index (χ2v) is 9.55. The van der Waals surface area contributed by atoms with E-state index in [2.05, 4.69) is 18.7 Å². The molecule has 0 saturated carbocycles. The molecule has 0 aromatic carbocycles. The normalized spacial score (nSPS) is 43.0. The van der Waals surface area contributed by atoms with Crippen molar-refractivity contribution >= 4 is 11.8 Å². The molecule has 0 aromatic heterocycles. The largest absolute Gasteiger partial charge is 0.462 e. The third-order valence-corrected chi connectivity index (χ3v) is 8.49. The topological polar surface area (TPSA) is 72.6 Å². The Morgan fingerprint density at radius 3 is 2.78 bits per heavy atom. The fourth-order valence-electron chi connectivity index (χ4n) is 7.23. The van der Waals surface area contributed by atoms with Gasteiger partial charge in [0, 0.05) is 60.1 Å². The third kappa shape index (κ3) is 1.71. The average molecular weight is 366 g/mol. The Morgan fingerprint density at radius 2 is 1.96 bits per heavy atom. The van der Waals surface area contributed by atoms with Gasteiger partial charge in [0.1, 0.15) is 0 Å². The lowest BCUT2D eigenvalue weighted by molar-refractivity contribution is -0.139. The van der Waals surface area contributed by atoms with Crippen molar-refractivity contribution in [3.05, 3.63) is 33.6 Å². The summed E-state index contributed by atoms with van der Waals surface area (Å²) in [6.07, 6.45) is 3.19. The molecule has 142 valence electrons. The Kier molecular flexibility index (Phi) is 2.94. The summed E-state index contributed by atoms with van der Waals surface area (Å²) >= 11 is 0. The minimum absolute atomic E-state index is 0.103. The molecule has 3 heterocycles. The lowest BCUT2D eigenvalue weighted by Gasteiger charge is -2.43. The second-order valence-electron chi connectivity index (χ2n) is 9.55. The maximum absolute atomic E-state index is 13.2. The van der Waals surface area contributed by atoms with Gasteiger partial charge in [-0.15, -0.1) is 0 Å². The summed E-state index contributed by atoms with van der Waals surface area (Å²) in [6.45, 7) is 7.12. The van der Waals surface area contributed by atoms with E-state index in [1.807, 2.05) is 0 Å². The number of carbonyl (C=O) groups is 2. The molecule has 5 nitrogen and oxygen atoms in total. The van der Waals surface area contributed by atoms with E-state index in [0.29, 0.717) is 42.9 Å². The van der Waals surface area contributed by atoms with Crippen LogP contribution in [0.5, 0.6) is 0 Å². The van der Waals surface area contributed by atoms with Crippen molar-refractivity contribution in [3.63, 3.8) is 0 Å². The molecule has 5 atom stereocenters. The first-order valence-electron chi connectivity index (χ1n) is 10.4. The molecule has 2 fully saturated rings. The average Bonchev–Trinajstić information content (AvgIpc) is 3.07. The van der Waals surface area contributed by atoms with E-state index in [1.54, 1.807) is 0 Å². The summed E-state index contributed by atoms with van der Waals surface area (Å²) in [6, 6.07) is 0.410. The predicted octanol–water partition coefficient (Wildman–Crippen LogP) is 2.09. The van der Waals surface area contributed by atoms with Gasteiger partial charge in [0.25, 0.3) is 0 Å². The molecule has 2 saturated heterocycles. The molecule has 6 aliphatic rings. The van der Waals surface area contributed by atoms with Crippen molar-refractivity contribution in [3.8, 4) is 0 Å². The van der Waals surface area contributed by atoms with E-state index in [9.17, 15) is 9.59 Å². The van der Waals surface area contributed by atoms with Gasteiger partial charge in [-0.1, -0.05) is 13.8 Å². The molecule has 1 unspecified atom stereocenters. The van der Waals surface area contributed by atoms with Gasteiger partial charge in [0.15, 0.2) is 5.78 Å². The van der Waals surface area contributed by atoms with E-state index in [0.717, 1.165) is 53.9 Å². The number of rotatable bonds is 0. The van der Waals surface area contributed by atoms with Gasteiger partial charge in [-0.3, -0.25) is 9.69 Å². The zero-order valence-corrected chi connectivity index (χ0v) is 16.0. The quantitative estimate of drug-likeness (QED) is 0.665. The highest BCUT2D eigenvalue weighted by molar-refractivity contribution is 6.11. The van der Waals surface area contributed by atoms with Crippen molar-refractivity contribution in [2.75, 3.05) is 19.7 Å². The first-order chi connectivity index (χ1) is 12.9. The van der Waals surface area contributed by atoms with Gasteiger partial charge < -0.3 is 10.5 Å². The predicted molar refractivity (Wildman–Crippen MR) is 99.3 cm³/mol.